The Kier molecular flexibility index (Phi) is 4.15. The number of aryl methyl sites for hydroxylation is 1. The second-order valence-electron chi connectivity index (χ2n) is 4.01. The van der Waals surface area contributed by atoms with E-state index in [0.717, 1.165) is 10.9 Å². The predicted molar refractivity (Wildman–Crippen MR) is 73.5 cm³/mol. The molecule has 0 saturated heterocycles. The highest BCUT2D eigenvalue weighted by molar-refractivity contribution is 9.08. The summed E-state index contributed by atoms with van der Waals surface area (Å²) in [6.45, 7) is 0.510. The number of alkyl halides is 1. The Labute approximate surface area is 114 Å². The van der Waals surface area contributed by atoms with Crippen molar-refractivity contribution in [3.8, 4) is 0 Å². The maximum Gasteiger partial charge on any atom is 0.272 e. The van der Waals surface area contributed by atoms with Gasteiger partial charge in [0.15, 0.2) is 0 Å². The fourth-order valence-electron chi connectivity index (χ4n) is 1.63. The minimum absolute atomic E-state index is 0.153. The molecule has 94 valence electrons. The molecule has 2 rings (SSSR count). The maximum absolute atomic E-state index is 11.8. The van der Waals surface area contributed by atoms with E-state index in [1.54, 1.807) is 24.0 Å². The number of hydrogen-bond acceptors (Lipinski definition) is 2. The van der Waals surface area contributed by atoms with Crippen molar-refractivity contribution in [2.24, 2.45) is 7.05 Å². The van der Waals surface area contributed by atoms with Gasteiger partial charge in [0.25, 0.3) is 5.91 Å². The van der Waals surface area contributed by atoms with Crippen molar-refractivity contribution < 1.29 is 4.79 Å². The first-order valence-electron chi connectivity index (χ1n) is 5.60. The highest BCUT2D eigenvalue weighted by Crippen LogP contribution is 2.08. The first kappa shape index (κ1) is 12.8. The zero-order chi connectivity index (χ0) is 13.0. The van der Waals surface area contributed by atoms with Gasteiger partial charge in [-0.1, -0.05) is 40.2 Å². The molecule has 1 aromatic heterocycles. The molecule has 1 heterocycles. The van der Waals surface area contributed by atoms with Gasteiger partial charge in [-0.2, -0.15) is 5.10 Å². The molecule has 4 nitrogen and oxygen atoms in total. The van der Waals surface area contributed by atoms with Gasteiger partial charge >= 0.3 is 0 Å². The van der Waals surface area contributed by atoms with Crippen LogP contribution >= 0.6 is 15.9 Å². The Hall–Kier alpha value is -1.62. The number of aromatic nitrogens is 2. The van der Waals surface area contributed by atoms with Crippen LogP contribution < -0.4 is 5.32 Å². The molecule has 5 heteroatoms. The topological polar surface area (TPSA) is 46.9 Å². The van der Waals surface area contributed by atoms with Crippen molar-refractivity contribution in [3.05, 3.63) is 53.3 Å². The van der Waals surface area contributed by atoms with Crippen LogP contribution in [0.3, 0.4) is 0 Å². The molecule has 18 heavy (non-hydrogen) atoms. The van der Waals surface area contributed by atoms with Gasteiger partial charge in [0.05, 0.1) is 0 Å². The summed E-state index contributed by atoms with van der Waals surface area (Å²) in [6, 6.07) is 9.78. The smallest absolute Gasteiger partial charge is 0.272 e. The minimum Gasteiger partial charge on any atom is -0.347 e. The Balaban J connectivity index is 1.97. The van der Waals surface area contributed by atoms with E-state index >= 15 is 0 Å². The van der Waals surface area contributed by atoms with Gasteiger partial charge in [-0.15, -0.1) is 0 Å². The molecule has 0 radical (unpaired) electrons. The van der Waals surface area contributed by atoms with Crippen LogP contribution in [-0.2, 0) is 18.9 Å². The van der Waals surface area contributed by atoms with E-state index in [9.17, 15) is 4.79 Å². The standard InChI is InChI=1S/C13H14BrN3O/c1-17-6-5-12(16-17)13(18)15-9-11-4-2-3-10(7-11)8-14/h2-7H,8-9H2,1H3,(H,15,18). The SMILES string of the molecule is Cn1ccc(C(=O)NCc2cccc(CBr)c2)n1. The lowest BCUT2D eigenvalue weighted by Gasteiger charge is -2.05. The molecule has 0 spiro atoms. The molecule has 0 saturated carbocycles. The third kappa shape index (κ3) is 3.20. The minimum atomic E-state index is -0.153. The van der Waals surface area contributed by atoms with Crippen molar-refractivity contribution >= 4 is 21.8 Å². The summed E-state index contributed by atoms with van der Waals surface area (Å²) < 4.78 is 1.61. The first-order chi connectivity index (χ1) is 8.69. The maximum atomic E-state index is 11.8. The van der Waals surface area contributed by atoms with Gasteiger partial charge in [-0.05, 0) is 17.2 Å². The molecule has 0 atom stereocenters. The van der Waals surface area contributed by atoms with Gasteiger partial charge in [0.1, 0.15) is 5.69 Å². The molecule has 1 N–H and O–H groups in total. The van der Waals surface area contributed by atoms with E-state index in [2.05, 4.69) is 32.4 Å². The van der Waals surface area contributed by atoms with Gasteiger partial charge in [0, 0.05) is 25.1 Å². The van der Waals surface area contributed by atoms with Crippen LogP contribution in [0, 0.1) is 0 Å². The van der Waals surface area contributed by atoms with Crippen molar-refractivity contribution in [2.75, 3.05) is 0 Å². The van der Waals surface area contributed by atoms with E-state index in [0.29, 0.717) is 12.2 Å². The lowest BCUT2D eigenvalue weighted by atomic mass is 10.1. The number of halogens is 1. The molecule has 0 aliphatic carbocycles. The zero-order valence-corrected chi connectivity index (χ0v) is 11.6. The summed E-state index contributed by atoms with van der Waals surface area (Å²) in [6.07, 6.45) is 1.75. The highest BCUT2D eigenvalue weighted by atomic mass is 79.9. The molecular weight excluding hydrogens is 294 g/mol. The van der Waals surface area contributed by atoms with Crippen LogP contribution in [0.1, 0.15) is 21.6 Å². The summed E-state index contributed by atoms with van der Waals surface area (Å²) in [7, 11) is 1.79. The average molecular weight is 308 g/mol. The molecular formula is C13H14BrN3O. The highest BCUT2D eigenvalue weighted by Gasteiger charge is 2.07. The van der Waals surface area contributed by atoms with Crippen molar-refractivity contribution in [2.45, 2.75) is 11.9 Å². The summed E-state index contributed by atoms with van der Waals surface area (Å²) >= 11 is 3.41. The van der Waals surface area contributed by atoms with E-state index in [4.69, 9.17) is 0 Å². The van der Waals surface area contributed by atoms with Crippen molar-refractivity contribution in [3.63, 3.8) is 0 Å². The van der Waals surface area contributed by atoms with Crippen LogP contribution in [0.5, 0.6) is 0 Å². The van der Waals surface area contributed by atoms with Crippen LogP contribution in [0.2, 0.25) is 0 Å². The summed E-state index contributed by atoms with van der Waals surface area (Å²) in [5, 5.41) is 7.72. The normalized spacial score (nSPS) is 10.3. The van der Waals surface area contributed by atoms with Crippen molar-refractivity contribution in [1.29, 1.82) is 0 Å². The summed E-state index contributed by atoms with van der Waals surface area (Å²) in [5.41, 5.74) is 2.71. The molecule has 0 fully saturated rings. The zero-order valence-electron chi connectivity index (χ0n) is 10.1. The number of hydrogen-bond donors (Lipinski definition) is 1. The number of nitrogens with one attached hydrogen (secondary N) is 1. The Morgan fingerprint density at radius 1 is 1.39 bits per heavy atom. The second kappa shape index (κ2) is 5.82. The number of rotatable bonds is 4. The third-order valence-corrected chi connectivity index (χ3v) is 3.19. The number of carbonyl (C=O) groups is 1. The van der Waals surface area contributed by atoms with Crippen LogP contribution in [-0.4, -0.2) is 15.7 Å². The van der Waals surface area contributed by atoms with Crippen LogP contribution in [0.25, 0.3) is 0 Å². The number of benzene rings is 1. The summed E-state index contributed by atoms with van der Waals surface area (Å²) in [5.74, 6) is -0.153. The lowest BCUT2D eigenvalue weighted by Crippen LogP contribution is -2.23. The van der Waals surface area contributed by atoms with E-state index < -0.39 is 0 Å². The second-order valence-corrected chi connectivity index (χ2v) is 4.57. The van der Waals surface area contributed by atoms with E-state index in [1.807, 2.05) is 18.2 Å². The fraction of sp³-hybridized carbons (Fsp3) is 0.231. The van der Waals surface area contributed by atoms with E-state index in [1.165, 1.54) is 5.56 Å². The van der Waals surface area contributed by atoms with E-state index in [-0.39, 0.29) is 5.91 Å². The molecule has 0 aliphatic heterocycles. The third-order valence-electron chi connectivity index (χ3n) is 2.55. The summed E-state index contributed by atoms with van der Waals surface area (Å²) in [4.78, 5) is 11.8. The monoisotopic (exact) mass is 307 g/mol. The Bertz CT molecular complexity index is 551. The van der Waals surface area contributed by atoms with Crippen molar-refractivity contribution in [1.82, 2.24) is 15.1 Å². The Morgan fingerprint density at radius 3 is 2.83 bits per heavy atom. The lowest BCUT2D eigenvalue weighted by molar-refractivity contribution is 0.0945. The molecule has 0 aliphatic rings. The first-order valence-corrected chi connectivity index (χ1v) is 6.73. The van der Waals surface area contributed by atoms with Gasteiger partial charge < -0.3 is 5.32 Å². The van der Waals surface area contributed by atoms with Crippen LogP contribution in [0.4, 0.5) is 0 Å². The number of carbonyl (C=O) groups excluding carboxylic acids is 1. The quantitative estimate of drug-likeness (QED) is 0.881. The molecule has 0 bridgehead atoms. The molecule has 1 amide bonds. The number of nitrogens with zero attached hydrogens (tertiary/aromatic N) is 2. The molecule has 0 unspecified atom stereocenters. The fourth-order valence-corrected chi connectivity index (χ4v) is 1.98. The van der Waals surface area contributed by atoms with Crippen LogP contribution in [0.15, 0.2) is 36.5 Å². The predicted octanol–water partition coefficient (Wildman–Crippen LogP) is 2.25. The van der Waals surface area contributed by atoms with Gasteiger partial charge in [-0.25, -0.2) is 0 Å². The largest absolute Gasteiger partial charge is 0.347 e. The average Bonchev–Trinajstić information content (AvgIpc) is 2.83. The van der Waals surface area contributed by atoms with Gasteiger partial charge in [0.2, 0.25) is 0 Å². The van der Waals surface area contributed by atoms with Gasteiger partial charge in [-0.3, -0.25) is 9.48 Å². The number of amides is 1. The molecule has 2 aromatic rings. The Morgan fingerprint density at radius 2 is 2.17 bits per heavy atom. The molecule has 1 aromatic carbocycles.